The van der Waals surface area contributed by atoms with Crippen LogP contribution < -0.4 is 17.1 Å². The standard InChI is InChI=1S/C33H24Br9N3O9S6/c34-16-7-22(37)19(23(38)8-16)13-55-58-31(49)52-4-1-43-28(46)44(2-5-53-32(50)59-56-14-20-24(39)9-17(35)10-25(20)40)30(48)45(29(43)47)3-6-54-33(51)60-57-15-21-26(41)11-18(36)12-27(21)42/h7-12H,1-6,13-15H2. The minimum atomic E-state index is -0.999. The van der Waals surface area contributed by atoms with E-state index in [4.69, 9.17) is 14.2 Å². The van der Waals surface area contributed by atoms with Crippen LogP contribution in [0.1, 0.15) is 16.7 Å². The summed E-state index contributed by atoms with van der Waals surface area (Å²) in [5.41, 5.74) is -0.223. The number of halogens is 9. The van der Waals surface area contributed by atoms with Gasteiger partial charge >= 0.3 is 33.0 Å². The quantitative estimate of drug-likeness (QED) is 0.0529. The molecular formula is C33H24Br9N3O9S6. The van der Waals surface area contributed by atoms with Crippen LogP contribution in [0, 0.1) is 0 Å². The molecule has 60 heavy (non-hydrogen) atoms. The molecule has 324 valence electrons. The van der Waals surface area contributed by atoms with Crippen molar-refractivity contribution in [2.45, 2.75) is 36.9 Å². The second kappa shape index (κ2) is 26.9. The average Bonchev–Trinajstić information content (AvgIpc) is 3.15. The molecule has 4 rings (SSSR count). The first-order valence-corrected chi connectivity index (χ1v) is 30.3. The van der Waals surface area contributed by atoms with Crippen LogP contribution in [0.25, 0.3) is 0 Å². The Morgan fingerprint density at radius 3 is 0.850 bits per heavy atom. The van der Waals surface area contributed by atoms with Crippen molar-refractivity contribution in [3.63, 3.8) is 0 Å². The van der Waals surface area contributed by atoms with Gasteiger partial charge in [0.1, 0.15) is 19.8 Å². The van der Waals surface area contributed by atoms with Gasteiger partial charge in [0.2, 0.25) is 0 Å². The van der Waals surface area contributed by atoms with Gasteiger partial charge in [-0.1, -0.05) is 176 Å². The highest BCUT2D eigenvalue weighted by Crippen LogP contribution is 2.39. The van der Waals surface area contributed by atoms with Gasteiger partial charge in [-0.15, -0.1) is 0 Å². The molecule has 0 saturated carbocycles. The molecule has 0 aliphatic rings. The minimum absolute atomic E-state index is 0.369. The number of benzene rings is 3. The number of ether oxygens (including phenoxy) is 3. The Bertz CT molecular complexity index is 2060. The number of hydrogen-bond acceptors (Lipinski definition) is 15. The fourth-order valence-corrected chi connectivity index (χ4v) is 18.3. The molecule has 3 aromatic carbocycles. The van der Waals surface area contributed by atoms with Crippen molar-refractivity contribution in [1.82, 2.24) is 13.7 Å². The lowest BCUT2D eigenvalue weighted by molar-refractivity contribution is 0.162. The fraction of sp³-hybridized carbons (Fsp3) is 0.273. The molecule has 0 aliphatic carbocycles. The smallest absolute Gasteiger partial charge is 0.378 e. The van der Waals surface area contributed by atoms with E-state index in [1.807, 2.05) is 36.4 Å². The first kappa shape index (κ1) is 53.5. The van der Waals surface area contributed by atoms with Gasteiger partial charge in [-0.2, -0.15) is 0 Å². The number of carbonyl (C=O) groups is 3. The molecule has 0 radical (unpaired) electrons. The maximum Gasteiger partial charge on any atom is 0.378 e. The van der Waals surface area contributed by atoms with E-state index in [9.17, 15) is 28.8 Å². The third kappa shape index (κ3) is 16.7. The van der Waals surface area contributed by atoms with Crippen molar-refractivity contribution in [2.75, 3.05) is 19.8 Å². The highest BCUT2D eigenvalue weighted by atomic mass is 79.9. The van der Waals surface area contributed by atoms with Crippen molar-refractivity contribution in [2.24, 2.45) is 0 Å². The molecule has 1 aromatic heterocycles. The lowest BCUT2D eigenvalue weighted by Crippen LogP contribution is -2.55. The van der Waals surface area contributed by atoms with Gasteiger partial charge in [0.25, 0.3) is 0 Å². The molecule has 0 spiro atoms. The summed E-state index contributed by atoms with van der Waals surface area (Å²) in [4.78, 5) is 78.3. The van der Waals surface area contributed by atoms with E-state index >= 15 is 0 Å². The molecule has 0 unspecified atom stereocenters. The molecule has 0 fully saturated rings. The predicted octanol–water partition coefficient (Wildman–Crippen LogP) is 14.2. The van der Waals surface area contributed by atoms with Crippen LogP contribution in [-0.2, 0) is 51.1 Å². The molecule has 27 heteroatoms. The van der Waals surface area contributed by atoms with Crippen LogP contribution in [0.15, 0.2) is 91.0 Å². The van der Waals surface area contributed by atoms with Gasteiger partial charge in [0, 0.05) is 89.9 Å². The molecule has 0 bridgehead atoms. The summed E-state index contributed by atoms with van der Waals surface area (Å²) >= 11 is 31.3. The first-order chi connectivity index (χ1) is 28.5. The molecule has 12 nitrogen and oxygen atoms in total. The fourth-order valence-electron chi connectivity index (χ4n) is 4.53. The molecular weight excluding hydrogens is 1490 g/mol. The van der Waals surface area contributed by atoms with Crippen LogP contribution >= 0.6 is 208 Å². The minimum Gasteiger partial charge on any atom is -0.455 e. The third-order valence-electron chi connectivity index (χ3n) is 7.30. The van der Waals surface area contributed by atoms with E-state index in [1.165, 1.54) is 32.4 Å². The van der Waals surface area contributed by atoms with E-state index in [0.717, 1.165) is 103 Å². The zero-order valence-corrected chi connectivity index (χ0v) is 48.9. The van der Waals surface area contributed by atoms with Crippen molar-refractivity contribution < 1.29 is 28.6 Å². The number of hydrogen-bond donors (Lipinski definition) is 0. The topological polar surface area (TPSA) is 145 Å². The van der Waals surface area contributed by atoms with E-state index in [-0.39, 0.29) is 39.5 Å². The number of rotatable bonds is 18. The molecule has 0 aliphatic heterocycles. The van der Waals surface area contributed by atoms with Crippen molar-refractivity contribution in [3.05, 3.63) is 125 Å². The summed E-state index contributed by atoms with van der Waals surface area (Å²) < 4.78 is 25.8. The molecule has 1 heterocycles. The molecule has 0 atom stereocenters. The molecule has 0 N–H and O–H groups in total. The summed E-state index contributed by atoms with van der Waals surface area (Å²) in [5, 5.41) is -1.97. The maximum absolute atomic E-state index is 13.5. The Morgan fingerprint density at radius 1 is 0.417 bits per heavy atom. The zero-order chi connectivity index (χ0) is 44.1. The summed E-state index contributed by atoms with van der Waals surface area (Å²) in [6.07, 6.45) is 0. The third-order valence-corrected chi connectivity index (χ3v) is 18.6. The Hall–Kier alpha value is 0.900. The van der Waals surface area contributed by atoms with Crippen molar-refractivity contribution >= 4 is 224 Å². The second-order valence-electron chi connectivity index (χ2n) is 11.2. The van der Waals surface area contributed by atoms with Crippen LogP contribution in [-0.4, -0.2) is 49.4 Å². The number of aromatic nitrogens is 3. The highest BCUT2D eigenvalue weighted by Gasteiger charge is 2.19. The predicted molar refractivity (Wildman–Crippen MR) is 279 cm³/mol. The monoisotopic (exact) mass is 1510 g/mol. The normalized spacial score (nSPS) is 11.2. The summed E-state index contributed by atoms with van der Waals surface area (Å²) in [5.74, 6) is 1.36. The van der Waals surface area contributed by atoms with E-state index < -0.39 is 33.0 Å². The van der Waals surface area contributed by atoms with Crippen LogP contribution in [0.3, 0.4) is 0 Å². The van der Waals surface area contributed by atoms with Gasteiger partial charge in [-0.05, 0) is 53.1 Å². The lowest BCUT2D eigenvalue weighted by atomic mass is 10.2. The number of carbonyl (C=O) groups excluding carboxylic acids is 3. The first-order valence-electron chi connectivity index (χ1n) is 16.2. The maximum atomic E-state index is 13.5. The van der Waals surface area contributed by atoms with E-state index in [1.54, 1.807) is 0 Å². The van der Waals surface area contributed by atoms with E-state index in [2.05, 4.69) is 143 Å². The number of nitrogens with zero attached hydrogens (tertiary/aromatic N) is 3. The second-order valence-corrected chi connectivity index (χ2v) is 25.7. The van der Waals surface area contributed by atoms with Gasteiger partial charge < -0.3 is 14.2 Å². The highest BCUT2D eigenvalue weighted by molar-refractivity contribution is 9.12. The van der Waals surface area contributed by atoms with Crippen molar-refractivity contribution in [3.8, 4) is 0 Å². The van der Waals surface area contributed by atoms with Gasteiger partial charge in [0.05, 0.1) is 19.6 Å². The Balaban J connectivity index is 1.39. The lowest BCUT2D eigenvalue weighted by Gasteiger charge is -2.14. The average molecular weight is 1520 g/mol. The van der Waals surface area contributed by atoms with Gasteiger partial charge in [0.15, 0.2) is 0 Å². The van der Waals surface area contributed by atoms with Gasteiger partial charge in [-0.25, -0.2) is 42.5 Å². The Labute approximate surface area is 441 Å². The van der Waals surface area contributed by atoms with Crippen LogP contribution in [0.4, 0.5) is 14.4 Å². The summed E-state index contributed by atoms with van der Waals surface area (Å²) in [6, 6.07) is 11.3. The zero-order valence-electron chi connectivity index (χ0n) is 29.7. The Kier molecular flexibility index (Phi) is 24.0. The summed E-state index contributed by atoms with van der Waals surface area (Å²) in [6.45, 7) is -2.27. The van der Waals surface area contributed by atoms with Crippen molar-refractivity contribution in [1.29, 1.82) is 0 Å². The molecule has 4 aromatic rings. The van der Waals surface area contributed by atoms with Crippen LogP contribution in [0.2, 0.25) is 0 Å². The van der Waals surface area contributed by atoms with E-state index in [0.29, 0.717) is 17.3 Å². The Morgan fingerprint density at radius 2 is 0.633 bits per heavy atom. The van der Waals surface area contributed by atoms with Gasteiger partial charge in [-0.3, -0.25) is 0 Å². The SMILES string of the molecule is O=C(OCCn1c(=O)n(CCOC(=O)SSCc2c(Br)cc(Br)cc2Br)c(=O)n(CCOC(=O)SSCc2c(Br)cc(Br)cc2Br)c1=O)SSCc1c(Br)cc(Br)cc1Br. The molecule has 0 amide bonds. The molecule has 0 saturated heterocycles. The summed E-state index contributed by atoms with van der Waals surface area (Å²) in [7, 11) is 6.21. The largest absolute Gasteiger partial charge is 0.455 e. The van der Waals surface area contributed by atoms with Crippen LogP contribution in [0.5, 0.6) is 0 Å².